The van der Waals surface area contributed by atoms with Crippen molar-refractivity contribution < 1.29 is 5.11 Å². The Bertz CT molecular complexity index is 346. The highest BCUT2D eigenvalue weighted by molar-refractivity contribution is 9.10. The van der Waals surface area contributed by atoms with Gasteiger partial charge in [-0.3, -0.25) is 9.88 Å². The minimum atomic E-state index is 0.313. The average Bonchev–Trinajstić information content (AvgIpc) is 2.29. The third kappa shape index (κ3) is 3.27. The van der Waals surface area contributed by atoms with E-state index in [1.165, 1.54) is 12.0 Å². The van der Waals surface area contributed by atoms with Crippen molar-refractivity contribution in [1.82, 2.24) is 9.88 Å². The molecule has 0 spiro atoms. The molecule has 0 radical (unpaired) electrons. The molecule has 1 aromatic rings. The van der Waals surface area contributed by atoms with E-state index in [1.807, 2.05) is 6.20 Å². The quantitative estimate of drug-likeness (QED) is 0.923. The second-order valence-electron chi connectivity index (χ2n) is 4.44. The Morgan fingerprint density at radius 2 is 2.38 bits per heavy atom. The maximum Gasteiger partial charge on any atom is 0.0471 e. The molecule has 0 bridgehead atoms. The summed E-state index contributed by atoms with van der Waals surface area (Å²) in [4.78, 5) is 6.56. The molecule has 16 heavy (non-hydrogen) atoms. The number of aliphatic hydroxyl groups excluding tert-OH is 1. The Morgan fingerprint density at radius 3 is 3.12 bits per heavy atom. The third-order valence-electron chi connectivity index (χ3n) is 3.03. The molecule has 1 atom stereocenters. The molecule has 1 aliphatic rings. The van der Waals surface area contributed by atoms with Crippen molar-refractivity contribution in [3.63, 3.8) is 0 Å². The van der Waals surface area contributed by atoms with Crippen LogP contribution in [0, 0.1) is 5.92 Å². The number of aliphatic hydroxyl groups is 1. The SMILES string of the molecule is OCC1CCCN(Cc2cncc(Br)c2)C1. The van der Waals surface area contributed by atoms with Gasteiger partial charge in [0.1, 0.15) is 0 Å². The van der Waals surface area contributed by atoms with Crippen molar-refractivity contribution >= 4 is 15.9 Å². The summed E-state index contributed by atoms with van der Waals surface area (Å²) in [6.45, 7) is 3.38. The van der Waals surface area contributed by atoms with E-state index in [2.05, 4.69) is 31.9 Å². The number of rotatable bonds is 3. The topological polar surface area (TPSA) is 36.4 Å². The van der Waals surface area contributed by atoms with Gasteiger partial charge < -0.3 is 5.11 Å². The number of halogens is 1. The van der Waals surface area contributed by atoms with Crippen LogP contribution >= 0.6 is 15.9 Å². The Balaban J connectivity index is 1.94. The maximum atomic E-state index is 9.17. The Kier molecular flexibility index (Phi) is 4.32. The van der Waals surface area contributed by atoms with Crippen molar-refractivity contribution in [1.29, 1.82) is 0 Å². The first kappa shape index (κ1) is 12.0. The minimum absolute atomic E-state index is 0.313. The Hall–Kier alpha value is -0.450. The number of pyridine rings is 1. The summed E-state index contributed by atoms with van der Waals surface area (Å²) in [6, 6.07) is 2.11. The zero-order valence-electron chi connectivity index (χ0n) is 9.27. The van der Waals surface area contributed by atoms with Gasteiger partial charge in [-0.05, 0) is 52.9 Å². The number of aromatic nitrogens is 1. The van der Waals surface area contributed by atoms with Gasteiger partial charge in [-0.2, -0.15) is 0 Å². The molecule has 0 aromatic carbocycles. The molecule has 0 saturated carbocycles. The van der Waals surface area contributed by atoms with Gasteiger partial charge in [-0.1, -0.05) is 0 Å². The molecule has 1 saturated heterocycles. The highest BCUT2D eigenvalue weighted by Gasteiger charge is 2.19. The van der Waals surface area contributed by atoms with Crippen LogP contribution in [0.15, 0.2) is 22.9 Å². The van der Waals surface area contributed by atoms with Crippen molar-refractivity contribution in [2.24, 2.45) is 5.92 Å². The van der Waals surface area contributed by atoms with Gasteiger partial charge in [-0.25, -0.2) is 0 Å². The smallest absolute Gasteiger partial charge is 0.0471 e. The van der Waals surface area contributed by atoms with Crippen LogP contribution in [0.4, 0.5) is 0 Å². The zero-order valence-corrected chi connectivity index (χ0v) is 10.9. The molecule has 2 rings (SSSR count). The summed E-state index contributed by atoms with van der Waals surface area (Å²) >= 11 is 3.43. The van der Waals surface area contributed by atoms with Gasteiger partial charge >= 0.3 is 0 Å². The minimum Gasteiger partial charge on any atom is -0.396 e. The van der Waals surface area contributed by atoms with E-state index >= 15 is 0 Å². The Labute approximate surface area is 105 Å². The molecular weight excluding hydrogens is 268 g/mol. The zero-order chi connectivity index (χ0) is 11.4. The van der Waals surface area contributed by atoms with Crippen LogP contribution in [-0.4, -0.2) is 34.7 Å². The first-order chi connectivity index (χ1) is 7.78. The monoisotopic (exact) mass is 284 g/mol. The molecule has 1 aliphatic heterocycles. The molecule has 1 fully saturated rings. The van der Waals surface area contributed by atoms with Crippen LogP contribution in [0.25, 0.3) is 0 Å². The summed E-state index contributed by atoms with van der Waals surface area (Å²) in [5.41, 5.74) is 1.23. The molecule has 1 N–H and O–H groups in total. The van der Waals surface area contributed by atoms with E-state index in [-0.39, 0.29) is 0 Å². The second-order valence-corrected chi connectivity index (χ2v) is 5.35. The lowest BCUT2D eigenvalue weighted by Crippen LogP contribution is -2.36. The molecule has 88 valence electrons. The van der Waals surface area contributed by atoms with E-state index in [0.717, 1.165) is 30.5 Å². The summed E-state index contributed by atoms with van der Waals surface area (Å²) in [5.74, 6) is 0.453. The fourth-order valence-electron chi connectivity index (χ4n) is 2.24. The molecule has 4 heteroatoms. The Morgan fingerprint density at radius 1 is 1.50 bits per heavy atom. The van der Waals surface area contributed by atoms with Gasteiger partial charge in [0.25, 0.3) is 0 Å². The predicted octanol–water partition coefficient (Wildman–Crippen LogP) is 2.05. The van der Waals surface area contributed by atoms with Crippen LogP contribution < -0.4 is 0 Å². The second kappa shape index (κ2) is 5.75. The van der Waals surface area contributed by atoms with Crippen LogP contribution in [0.5, 0.6) is 0 Å². The van der Waals surface area contributed by atoms with Crippen LogP contribution in [-0.2, 0) is 6.54 Å². The molecule has 0 amide bonds. The third-order valence-corrected chi connectivity index (χ3v) is 3.46. The summed E-state index contributed by atoms with van der Waals surface area (Å²) in [5, 5.41) is 9.17. The largest absolute Gasteiger partial charge is 0.396 e. The van der Waals surface area contributed by atoms with Crippen LogP contribution in [0.2, 0.25) is 0 Å². The number of hydrogen-bond donors (Lipinski definition) is 1. The highest BCUT2D eigenvalue weighted by Crippen LogP contribution is 2.18. The van der Waals surface area contributed by atoms with E-state index in [0.29, 0.717) is 12.5 Å². The van der Waals surface area contributed by atoms with E-state index < -0.39 is 0 Å². The van der Waals surface area contributed by atoms with Gasteiger partial charge in [0.2, 0.25) is 0 Å². The fourth-order valence-corrected chi connectivity index (χ4v) is 2.66. The number of likely N-dealkylation sites (tertiary alicyclic amines) is 1. The molecule has 3 nitrogen and oxygen atoms in total. The van der Waals surface area contributed by atoms with Crippen LogP contribution in [0.3, 0.4) is 0 Å². The summed E-state index contributed by atoms with van der Waals surface area (Å²) < 4.78 is 1.03. The summed E-state index contributed by atoms with van der Waals surface area (Å²) in [6.07, 6.45) is 6.06. The lowest BCUT2D eigenvalue weighted by Gasteiger charge is -2.31. The molecule has 1 unspecified atom stereocenters. The van der Waals surface area contributed by atoms with Gasteiger partial charge in [-0.15, -0.1) is 0 Å². The predicted molar refractivity (Wildman–Crippen MR) is 67.0 cm³/mol. The lowest BCUT2D eigenvalue weighted by atomic mass is 9.99. The van der Waals surface area contributed by atoms with Crippen LogP contribution in [0.1, 0.15) is 18.4 Å². The van der Waals surface area contributed by atoms with Crippen molar-refractivity contribution in [3.05, 3.63) is 28.5 Å². The van der Waals surface area contributed by atoms with Gasteiger partial charge in [0, 0.05) is 36.6 Å². The maximum absolute atomic E-state index is 9.17. The first-order valence-electron chi connectivity index (χ1n) is 5.70. The lowest BCUT2D eigenvalue weighted by molar-refractivity contribution is 0.116. The highest BCUT2D eigenvalue weighted by atomic mass is 79.9. The molecular formula is C12H17BrN2O. The van der Waals surface area contributed by atoms with Gasteiger partial charge in [0.05, 0.1) is 0 Å². The number of hydrogen-bond acceptors (Lipinski definition) is 3. The summed E-state index contributed by atoms with van der Waals surface area (Å²) in [7, 11) is 0. The number of piperidine rings is 1. The standard InChI is InChI=1S/C12H17BrN2O/c13-12-4-11(5-14-6-12)8-15-3-1-2-10(7-15)9-16/h4-6,10,16H,1-3,7-9H2. The van der Waals surface area contributed by atoms with Crippen molar-refractivity contribution in [3.8, 4) is 0 Å². The molecule has 0 aliphatic carbocycles. The van der Waals surface area contributed by atoms with E-state index in [1.54, 1.807) is 6.20 Å². The first-order valence-corrected chi connectivity index (χ1v) is 6.50. The average molecular weight is 285 g/mol. The molecule has 2 heterocycles. The normalized spacial score (nSPS) is 22.2. The molecule has 1 aromatic heterocycles. The van der Waals surface area contributed by atoms with E-state index in [4.69, 9.17) is 0 Å². The fraction of sp³-hybridized carbons (Fsp3) is 0.583. The van der Waals surface area contributed by atoms with Crippen molar-refractivity contribution in [2.75, 3.05) is 19.7 Å². The van der Waals surface area contributed by atoms with E-state index in [9.17, 15) is 5.11 Å². The van der Waals surface area contributed by atoms with Crippen molar-refractivity contribution in [2.45, 2.75) is 19.4 Å². The van der Waals surface area contributed by atoms with Gasteiger partial charge in [0.15, 0.2) is 0 Å². The number of nitrogens with zero attached hydrogens (tertiary/aromatic N) is 2.